The molecule has 13 heteroatoms. The average Bonchev–Trinajstić information content (AvgIpc) is 3.25. The normalized spacial score (nSPS) is 18.1. The quantitative estimate of drug-likeness (QED) is 0.506. The second kappa shape index (κ2) is 11.8. The van der Waals surface area contributed by atoms with E-state index in [0.29, 0.717) is 37.2 Å². The van der Waals surface area contributed by atoms with Crippen LogP contribution in [-0.4, -0.2) is 77.3 Å². The SMILES string of the molecule is CC(=O)N1CCC(N2C(=O)N(c3ccc(OC(F)(F)F)cc3)CC2c2ccc(C(=O)NCCC(=O)O)cc2)CC1. The summed E-state index contributed by atoms with van der Waals surface area (Å²) < 4.78 is 41.7. The third-order valence-corrected chi connectivity index (χ3v) is 7.01. The fraction of sp³-hybridized carbons (Fsp3) is 0.407. The number of rotatable bonds is 8. The zero-order valence-electron chi connectivity index (χ0n) is 21.7. The van der Waals surface area contributed by atoms with E-state index >= 15 is 0 Å². The molecular weight excluding hydrogens is 533 g/mol. The van der Waals surface area contributed by atoms with Gasteiger partial charge in [0, 0.05) is 43.9 Å². The molecule has 0 aromatic heterocycles. The smallest absolute Gasteiger partial charge is 0.481 e. The van der Waals surface area contributed by atoms with Crippen molar-refractivity contribution in [2.45, 2.75) is 44.6 Å². The number of nitrogens with zero attached hydrogens (tertiary/aromatic N) is 3. The number of hydrogen-bond acceptors (Lipinski definition) is 5. The molecule has 214 valence electrons. The molecule has 2 aromatic carbocycles. The highest BCUT2D eigenvalue weighted by atomic mass is 19.4. The monoisotopic (exact) mass is 562 g/mol. The summed E-state index contributed by atoms with van der Waals surface area (Å²) in [6, 6.07) is 10.8. The van der Waals surface area contributed by atoms with Gasteiger partial charge in [-0.2, -0.15) is 0 Å². The number of hydrogen-bond donors (Lipinski definition) is 2. The van der Waals surface area contributed by atoms with E-state index in [1.54, 1.807) is 34.1 Å². The Morgan fingerprint density at radius 2 is 1.65 bits per heavy atom. The van der Waals surface area contributed by atoms with Crippen LogP contribution in [0.5, 0.6) is 5.75 Å². The number of benzene rings is 2. The van der Waals surface area contributed by atoms with Crippen molar-refractivity contribution in [3.8, 4) is 5.75 Å². The van der Waals surface area contributed by atoms with Crippen LogP contribution in [0.4, 0.5) is 23.7 Å². The molecule has 0 saturated carbocycles. The Balaban J connectivity index is 1.56. The zero-order valence-corrected chi connectivity index (χ0v) is 21.7. The van der Waals surface area contributed by atoms with E-state index in [1.807, 2.05) is 0 Å². The fourth-order valence-electron chi connectivity index (χ4n) is 5.03. The van der Waals surface area contributed by atoms with Crippen LogP contribution in [0.1, 0.15) is 48.1 Å². The molecule has 0 aliphatic carbocycles. The van der Waals surface area contributed by atoms with E-state index in [9.17, 15) is 32.3 Å². The number of likely N-dealkylation sites (tertiary alicyclic amines) is 1. The molecule has 1 unspecified atom stereocenters. The lowest BCUT2D eigenvalue weighted by atomic mass is 9.98. The molecule has 2 aliphatic heterocycles. The van der Waals surface area contributed by atoms with Crippen LogP contribution in [0, 0.1) is 0 Å². The Labute approximate surface area is 228 Å². The van der Waals surface area contributed by atoms with Gasteiger partial charge in [-0.25, -0.2) is 4.79 Å². The number of urea groups is 1. The molecule has 10 nitrogen and oxygen atoms in total. The van der Waals surface area contributed by atoms with Crippen LogP contribution in [0.25, 0.3) is 0 Å². The number of nitrogens with one attached hydrogen (secondary N) is 1. The molecule has 0 radical (unpaired) electrons. The first-order valence-electron chi connectivity index (χ1n) is 12.7. The Morgan fingerprint density at radius 1 is 1.02 bits per heavy atom. The van der Waals surface area contributed by atoms with Gasteiger partial charge in [0.2, 0.25) is 5.91 Å². The Morgan fingerprint density at radius 3 is 2.20 bits per heavy atom. The van der Waals surface area contributed by atoms with Gasteiger partial charge in [-0.05, 0) is 54.8 Å². The second-order valence-electron chi connectivity index (χ2n) is 9.62. The first kappa shape index (κ1) is 28.7. The topological polar surface area (TPSA) is 119 Å². The maximum Gasteiger partial charge on any atom is 0.573 e. The number of aliphatic carboxylic acids is 1. The van der Waals surface area contributed by atoms with Gasteiger partial charge in [0.1, 0.15) is 5.75 Å². The predicted octanol–water partition coefficient (Wildman–Crippen LogP) is 3.78. The molecule has 4 amide bonds. The first-order chi connectivity index (χ1) is 18.9. The van der Waals surface area contributed by atoms with Crippen molar-refractivity contribution >= 4 is 29.5 Å². The molecule has 40 heavy (non-hydrogen) atoms. The van der Waals surface area contributed by atoms with Crippen LogP contribution < -0.4 is 15.0 Å². The molecule has 4 rings (SSSR count). The number of amides is 4. The maximum absolute atomic E-state index is 13.7. The van der Waals surface area contributed by atoms with E-state index in [0.717, 1.165) is 17.7 Å². The van der Waals surface area contributed by atoms with Gasteiger partial charge in [-0.15, -0.1) is 13.2 Å². The second-order valence-corrected chi connectivity index (χ2v) is 9.62. The zero-order chi connectivity index (χ0) is 29.0. The van der Waals surface area contributed by atoms with Gasteiger partial charge in [-0.3, -0.25) is 19.3 Å². The lowest BCUT2D eigenvalue weighted by molar-refractivity contribution is -0.274. The molecule has 0 bridgehead atoms. The number of carbonyl (C=O) groups excluding carboxylic acids is 3. The number of halogens is 3. The van der Waals surface area contributed by atoms with Crippen LogP contribution in [-0.2, 0) is 9.59 Å². The van der Waals surface area contributed by atoms with Crippen LogP contribution in [0.15, 0.2) is 48.5 Å². The van der Waals surface area contributed by atoms with Crippen molar-refractivity contribution in [3.05, 3.63) is 59.7 Å². The fourth-order valence-corrected chi connectivity index (χ4v) is 5.03. The largest absolute Gasteiger partial charge is 0.573 e. The lowest BCUT2D eigenvalue weighted by Gasteiger charge is -2.38. The minimum absolute atomic E-state index is 0.0124. The molecule has 0 spiro atoms. The summed E-state index contributed by atoms with van der Waals surface area (Å²) in [6.07, 6.45) is -3.90. The minimum atomic E-state index is -4.83. The molecule has 1 atom stereocenters. The third-order valence-electron chi connectivity index (χ3n) is 7.01. The summed E-state index contributed by atoms with van der Waals surface area (Å²) in [6.45, 7) is 2.69. The van der Waals surface area contributed by atoms with Gasteiger partial charge in [0.15, 0.2) is 0 Å². The van der Waals surface area contributed by atoms with Crippen molar-refractivity contribution in [1.82, 2.24) is 15.1 Å². The highest BCUT2D eigenvalue weighted by molar-refractivity contribution is 5.96. The number of anilines is 1. The summed E-state index contributed by atoms with van der Waals surface area (Å²) in [5.41, 5.74) is 1.49. The molecule has 2 heterocycles. The lowest BCUT2D eigenvalue weighted by Crippen LogP contribution is -2.48. The van der Waals surface area contributed by atoms with E-state index in [1.165, 1.54) is 24.0 Å². The first-order valence-corrected chi connectivity index (χ1v) is 12.7. The van der Waals surface area contributed by atoms with Gasteiger partial charge in [-0.1, -0.05) is 12.1 Å². The number of carboxylic acid groups (broad SMARTS) is 1. The Bertz CT molecular complexity index is 1240. The highest BCUT2D eigenvalue weighted by Crippen LogP contribution is 2.38. The van der Waals surface area contributed by atoms with Crippen molar-refractivity contribution in [3.63, 3.8) is 0 Å². The number of carboxylic acids is 1. The van der Waals surface area contributed by atoms with Crippen LogP contribution >= 0.6 is 0 Å². The Hall–Kier alpha value is -4.29. The molecule has 2 N–H and O–H groups in total. The van der Waals surface area contributed by atoms with Gasteiger partial charge >= 0.3 is 18.4 Å². The standard InChI is InChI=1S/C27H29F3N4O6/c1-17(35)32-14-11-21(12-15-32)34-23(18-2-4-19(5-3-18)25(38)31-13-10-24(36)37)16-33(26(34)39)20-6-8-22(9-7-20)40-27(28,29)30/h2-9,21,23H,10-16H2,1H3,(H,31,38)(H,36,37). The van der Waals surface area contributed by atoms with E-state index in [4.69, 9.17) is 5.11 Å². The van der Waals surface area contributed by atoms with Crippen molar-refractivity contribution in [2.24, 2.45) is 0 Å². The van der Waals surface area contributed by atoms with Crippen LogP contribution in [0.3, 0.4) is 0 Å². The van der Waals surface area contributed by atoms with E-state index in [2.05, 4.69) is 10.1 Å². The van der Waals surface area contributed by atoms with Crippen molar-refractivity contribution in [2.75, 3.05) is 31.1 Å². The number of carbonyl (C=O) groups is 4. The van der Waals surface area contributed by atoms with E-state index in [-0.39, 0.29) is 37.5 Å². The summed E-state index contributed by atoms with van der Waals surface area (Å²) in [7, 11) is 0. The summed E-state index contributed by atoms with van der Waals surface area (Å²) in [4.78, 5) is 53.5. The summed E-state index contributed by atoms with van der Waals surface area (Å²) in [5.74, 6) is -1.89. The minimum Gasteiger partial charge on any atom is -0.481 e. The number of ether oxygens (including phenoxy) is 1. The number of piperidine rings is 1. The summed E-state index contributed by atoms with van der Waals surface area (Å²) in [5, 5.41) is 11.3. The molecule has 2 saturated heterocycles. The summed E-state index contributed by atoms with van der Waals surface area (Å²) >= 11 is 0. The van der Waals surface area contributed by atoms with Gasteiger partial charge in [0.05, 0.1) is 19.0 Å². The average molecular weight is 563 g/mol. The maximum atomic E-state index is 13.7. The van der Waals surface area contributed by atoms with Gasteiger partial charge in [0.25, 0.3) is 5.91 Å². The number of alkyl halides is 3. The molecule has 2 aromatic rings. The van der Waals surface area contributed by atoms with Crippen molar-refractivity contribution < 1.29 is 42.2 Å². The third kappa shape index (κ3) is 6.82. The molecular formula is C27H29F3N4O6. The highest BCUT2D eigenvalue weighted by Gasteiger charge is 2.43. The van der Waals surface area contributed by atoms with Crippen molar-refractivity contribution in [1.29, 1.82) is 0 Å². The van der Waals surface area contributed by atoms with Gasteiger partial charge < -0.3 is 25.0 Å². The molecule has 2 aliphatic rings. The predicted molar refractivity (Wildman–Crippen MR) is 137 cm³/mol. The molecule has 2 fully saturated rings. The van der Waals surface area contributed by atoms with E-state index < -0.39 is 30.0 Å². The Kier molecular flexibility index (Phi) is 8.50. The van der Waals surface area contributed by atoms with Crippen LogP contribution in [0.2, 0.25) is 0 Å².